The first kappa shape index (κ1) is 15.0. The minimum absolute atomic E-state index is 0.0331. The standard InChI is InChI=1S/C12H21N5O2/c1-7(2)17-9(18)5-14-11-10(13)12(16-6-15-11)19-8(3)4/h6-8H,5,13H2,1-4H3,(H,17,18)(H,14,15,16). The SMILES string of the molecule is CC(C)NC(=O)CNc1ncnc(OC(C)C)c1N. The maximum absolute atomic E-state index is 11.5. The number of amides is 1. The van der Waals surface area contributed by atoms with E-state index >= 15 is 0 Å². The van der Waals surface area contributed by atoms with Crippen molar-refractivity contribution in [3.63, 3.8) is 0 Å². The van der Waals surface area contributed by atoms with Gasteiger partial charge >= 0.3 is 0 Å². The third-order valence-corrected chi connectivity index (χ3v) is 2.06. The second kappa shape index (κ2) is 6.77. The number of nitrogens with two attached hydrogens (primary N) is 1. The molecule has 0 saturated carbocycles. The third kappa shape index (κ3) is 4.99. The first-order valence-corrected chi connectivity index (χ1v) is 6.20. The van der Waals surface area contributed by atoms with Crippen LogP contribution in [-0.4, -0.2) is 34.6 Å². The molecular weight excluding hydrogens is 246 g/mol. The van der Waals surface area contributed by atoms with Crippen molar-refractivity contribution in [1.29, 1.82) is 0 Å². The van der Waals surface area contributed by atoms with Crippen LogP contribution in [0.4, 0.5) is 11.5 Å². The molecule has 7 nitrogen and oxygen atoms in total. The Balaban J connectivity index is 2.66. The molecule has 1 amide bonds. The predicted molar refractivity (Wildman–Crippen MR) is 74.0 cm³/mol. The number of carbonyl (C=O) groups excluding carboxylic acids is 1. The molecule has 0 atom stereocenters. The van der Waals surface area contributed by atoms with Gasteiger partial charge in [-0.2, -0.15) is 4.98 Å². The Morgan fingerprint density at radius 1 is 1.37 bits per heavy atom. The van der Waals surface area contributed by atoms with Gasteiger partial charge in [0.15, 0.2) is 5.82 Å². The van der Waals surface area contributed by atoms with Crippen LogP contribution in [0.3, 0.4) is 0 Å². The average molecular weight is 267 g/mol. The molecule has 0 fully saturated rings. The number of carbonyl (C=O) groups is 1. The molecule has 0 aliphatic rings. The number of aromatic nitrogens is 2. The molecule has 4 N–H and O–H groups in total. The van der Waals surface area contributed by atoms with E-state index in [-0.39, 0.29) is 24.6 Å². The van der Waals surface area contributed by atoms with E-state index in [1.165, 1.54) is 6.33 Å². The topological polar surface area (TPSA) is 102 Å². The fraction of sp³-hybridized carbons (Fsp3) is 0.583. The number of ether oxygens (including phenoxy) is 1. The number of nitrogens with zero attached hydrogens (tertiary/aromatic N) is 2. The molecule has 19 heavy (non-hydrogen) atoms. The molecule has 7 heteroatoms. The van der Waals surface area contributed by atoms with Crippen molar-refractivity contribution in [1.82, 2.24) is 15.3 Å². The molecule has 0 aliphatic heterocycles. The van der Waals surface area contributed by atoms with Crippen molar-refractivity contribution >= 4 is 17.4 Å². The van der Waals surface area contributed by atoms with E-state index in [1.54, 1.807) is 0 Å². The summed E-state index contributed by atoms with van der Waals surface area (Å²) in [6.07, 6.45) is 1.31. The number of hydrogen-bond acceptors (Lipinski definition) is 6. The van der Waals surface area contributed by atoms with Gasteiger partial charge in [-0.3, -0.25) is 4.79 Å². The number of nitrogens with one attached hydrogen (secondary N) is 2. The zero-order chi connectivity index (χ0) is 14.4. The summed E-state index contributed by atoms with van der Waals surface area (Å²) < 4.78 is 5.44. The fourth-order valence-electron chi connectivity index (χ4n) is 1.37. The molecule has 1 rings (SSSR count). The van der Waals surface area contributed by atoms with Crippen molar-refractivity contribution in [2.45, 2.75) is 39.8 Å². The Morgan fingerprint density at radius 2 is 2.05 bits per heavy atom. The maximum atomic E-state index is 11.5. The molecule has 0 bridgehead atoms. The van der Waals surface area contributed by atoms with Gasteiger partial charge in [-0.15, -0.1) is 0 Å². The fourth-order valence-corrected chi connectivity index (χ4v) is 1.37. The van der Waals surface area contributed by atoms with Gasteiger partial charge in [0.2, 0.25) is 11.8 Å². The van der Waals surface area contributed by atoms with E-state index in [1.807, 2.05) is 27.7 Å². The van der Waals surface area contributed by atoms with Gasteiger partial charge in [0.1, 0.15) is 12.0 Å². The van der Waals surface area contributed by atoms with Crippen LogP contribution in [-0.2, 0) is 4.79 Å². The Bertz CT molecular complexity index is 434. The Labute approximate surface area is 113 Å². The zero-order valence-corrected chi connectivity index (χ0v) is 11.7. The second-order valence-electron chi connectivity index (χ2n) is 4.68. The van der Waals surface area contributed by atoms with Crippen LogP contribution in [0.5, 0.6) is 5.88 Å². The van der Waals surface area contributed by atoms with E-state index in [0.717, 1.165) is 0 Å². The summed E-state index contributed by atoms with van der Waals surface area (Å²) >= 11 is 0. The maximum Gasteiger partial charge on any atom is 0.242 e. The average Bonchev–Trinajstić information content (AvgIpc) is 2.29. The van der Waals surface area contributed by atoms with Crippen molar-refractivity contribution in [3.8, 4) is 5.88 Å². The van der Waals surface area contributed by atoms with Crippen molar-refractivity contribution < 1.29 is 9.53 Å². The molecule has 106 valence electrons. The molecule has 1 aromatic heterocycles. The highest BCUT2D eigenvalue weighted by molar-refractivity contribution is 5.82. The normalized spacial score (nSPS) is 10.6. The molecule has 0 spiro atoms. The number of rotatable bonds is 6. The number of nitrogen functional groups attached to an aromatic ring is 1. The van der Waals surface area contributed by atoms with E-state index < -0.39 is 0 Å². The van der Waals surface area contributed by atoms with Gasteiger partial charge in [-0.1, -0.05) is 0 Å². The summed E-state index contributed by atoms with van der Waals surface area (Å²) in [7, 11) is 0. The van der Waals surface area contributed by atoms with Crippen molar-refractivity contribution in [3.05, 3.63) is 6.33 Å². The first-order chi connectivity index (χ1) is 8.90. The van der Waals surface area contributed by atoms with E-state index in [0.29, 0.717) is 17.4 Å². The minimum atomic E-state index is -0.126. The summed E-state index contributed by atoms with van der Waals surface area (Å²) in [5, 5.41) is 5.63. The van der Waals surface area contributed by atoms with Gasteiger partial charge in [0, 0.05) is 6.04 Å². The lowest BCUT2D eigenvalue weighted by Crippen LogP contribution is -2.35. The Morgan fingerprint density at radius 3 is 2.63 bits per heavy atom. The smallest absolute Gasteiger partial charge is 0.242 e. The van der Waals surface area contributed by atoms with Crippen LogP contribution in [0.15, 0.2) is 6.33 Å². The van der Waals surface area contributed by atoms with Crippen LogP contribution < -0.4 is 21.1 Å². The Kier molecular flexibility index (Phi) is 5.35. The van der Waals surface area contributed by atoms with Crippen LogP contribution in [0.1, 0.15) is 27.7 Å². The van der Waals surface area contributed by atoms with Crippen molar-refractivity contribution in [2.24, 2.45) is 0 Å². The van der Waals surface area contributed by atoms with Crippen LogP contribution in [0.2, 0.25) is 0 Å². The lowest BCUT2D eigenvalue weighted by Gasteiger charge is -2.14. The third-order valence-electron chi connectivity index (χ3n) is 2.06. The summed E-state index contributed by atoms with van der Waals surface area (Å²) in [6.45, 7) is 7.65. The van der Waals surface area contributed by atoms with E-state index in [4.69, 9.17) is 10.5 Å². The highest BCUT2D eigenvalue weighted by Gasteiger charge is 2.11. The zero-order valence-electron chi connectivity index (χ0n) is 11.7. The molecule has 0 unspecified atom stereocenters. The number of hydrogen-bond donors (Lipinski definition) is 3. The molecule has 0 saturated heterocycles. The summed E-state index contributed by atoms with van der Waals surface area (Å²) in [5.74, 6) is 0.584. The second-order valence-corrected chi connectivity index (χ2v) is 4.68. The number of anilines is 2. The van der Waals surface area contributed by atoms with Crippen molar-refractivity contribution in [2.75, 3.05) is 17.6 Å². The highest BCUT2D eigenvalue weighted by atomic mass is 16.5. The molecule has 1 aromatic rings. The van der Waals surface area contributed by atoms with Crippen LogP contribution in [0.25, 0.3) is 0 Å². The summed E-state index contributed by atoms with van der Waals surface area (Å²) in [6, 6.07) is 0.0943. The van der Waals surface area contributed by atoms with Gasteiger partial charge in [0.05, 0.1) is 12.6 Å². The largest absolute Gasteiger partial charge is 0.473 e. The quantitative estimate of drug-likeness (QED) is 0.704. The monoisotopic (exact) mass is 267 g/mol. The first-order valence-electron chi connectivity index (χ1n) is 6.20. The van der Waals surface area contributed by atoms with Gasteiger partial charge in [-0.05, 0) is 27.7 Å². The highest BCUT2D eigenvalue weighted by Crippen LogP contribution is 2.24. The van der Waals surface area contributed by atoms with Gasteiger partial charge < -0.3 is 21.1 Å². The Hall–Kier alpha value is -2.05. The molecule has 0 aliphatic carbocycles. The minimum Gasteiger partial charge on any atom is -0.473 e. The lowest BCUT2D eigenvalue weighted by atomic mass is 10.4. The van der Waals surface area contributed by atoms with Gasteiger partial charge in [0.25, 0.3) is 0 Å². The van der Waals surface area contributed by atoms with Gasteiger partial charge in [-0.25, -0.2) is 4.98 Å². The molecule has 0 aromatic carbocycles. The molecular formula is C12H21N5O2. The molecule has 1 heterocycles. The van der Waals surface area contributed by atoms with Crippen LogP contribution in [0, 0.1) is 0 Å². The van der Waals surface area contributed by atoms with Crippen LogP contribution >= 0.6 is 0 Å². The lowest BCUT2D eigenvalue weighted by molar-refractivity contribution is -0.119. The molecule has 0 radical (unpaired) electrons. The summed E-state index contributed by atoms with van der Waals surface area (Å²) in [4.78, 5) is 19.5. The summed E-state index contributed by atoms with van der Waals surface area (Å²) in [5.41, 5.74) is 6.17. The van der Waals surface area contributed by atoms with E-state index in [9.17, 15) is 4.79 Å². The predicted octanol–water partition coefficient (Wildman–Crippen LogP) is 0.782. The van der Waals surface area contributed by atoms with E-state index in [2.05, 4.69) is 20.6 Å².